The van der Waals surface area contributed by atoms with Crippen molar-refractivity contribution >= 4 is 23.8 Å². The average molecular weight is 626 g/mol. The Morgan fingerprint density at radius 2 is 1.84 bits per heavy atom. The summed E-state index contributed by atoms with van der Waals surface area (Å²) in [7, 11) is 1.59. The summed E-state index contributed by atoms with van der Waals surface area (Å²) in [4.78, 5) is 42.7. The van der Waals surface area contributed by atoms with E-state index >= 15 is 0 Å². The van der Waals surface area contributed by atoms with Gasteiger partial charge in [-0.05, 0) is 56.8 Å². The number of aliphatic hydroxyl groups is 1. The lowest BCUT2D eigenvalue weighted by atomic mass is 9.84. The highest BCUT2D eigenvalue weighted by atomic mass is 16.6. The van der Waals surface area contributed by atoms with Gasteiger partial charge in [-0.3, -0.25) is 9.59 Å². The number of rotatable bonds is 8. The summed E-state index contributed by atoms with van der Waals surface area (Å²) in [6, 6.07) is 0. The van der Waals surface area contributed by atoms with Crippen molar-refractivity contribution in [1.29, 1.82) is 0 Å². The smallest absolute Gasteiger partial charge is 0.338 e. The Labute approximate surface area is 265 Å². The van der Waals surface area contributed by atoms with Crippen LogP contribution in [0.2, 0.25) is 0 Å². The third-order valence-corrected chi connectivity index (χ3v) is 9.02. The van der Waals surface area contributed by atoms with Crippen molar-refractivity contribution in [2.24, 2.45) is 23.7 Å². The second-order valence-electron chi connectivity index (χ2n) is 12.8. The highest BCUT2D eigenvalue weighted by molar-refractivity contribution is 5.81. The lowest BCUT2D eigenvalue weighted by Gasteiger charge is -2.33. The van der Waals surface area contributed by atoms with E-state index < -0.39 is 36.3 Å². The first-order valence-electron chi connectivity index (χ1n) is 15.8. The molecule has 2 bridgehead atoms. The SMILES string of the molecule is CO[C@@H](/C(C)=C/C=C/C(C)=C/c1coc(C)n1)[C@@H](C)[C@@H]1C[C@H](O)[C@H](C(C)=O)/C=C/[C@@H](C)[C@H]2C[C@H](CC(=O)O2)C[C@@H]2O[C@H]2C(=O)O1. The summed E-state index contributed by atoms with van der Waals surface area (Å²) >= 11 is 0. The summed E-state index contributed by atoms with van der Waals surface area (Å²) in [6.45, 7) is 11.0. The highest BCUT2D eigenvalue weighted by Gasteiger charge is 2.50. The van der Waals surface area contributed by atoms with Crippen LogP contribution in [0.3, 0.4) is 0 Å². The van der Waals surface area contributed by atoms with Crippen molar-refractivity contribution in [2.75, 3.05) is 7.11 Å². The van der Waals surface area contributed by atoms with Crippen molar-refractivity contribution < 1.29 is 42.9 Å². The van der Waals surface area contributed by atoms with Crippen LogP contribution in [0.1, 0.15) is 71.9 Å². The maximum Gasteiger partial charge on any atom is 0.338 e. The first-order valence-corrected chi connectivity index (χ1v) is 15.8. The van der Waals surface area contributed by atoms with Gasteiger partial charge in [-0.15, -0.1) is 0 Å². The van der Waals surface area contributed by atoms with Crippen molar-refractivity contribution in [1.82, 2.24) is 4.98 Å². The number of ether oxygens (including phenoxy) is 4. The molecule has 4 rings (SSSR count). The van der Waals surface area contributed by atoms with E-state index in [9.17, 15) is 19.5 Å². The number of aryl methyl sites for hydroxylation is 1. The number of allylic oxidation sites excluding steroid dienone is 4. The second kappa shape index (κ2) is 15.3. The molecule has 10 nitrogen and oxygen atoms in total. The molecule has 0 aliphatic carbocycles. The third-order valence-electron chi connectivity index (χ3n) is 9.02. The summed E-state index contributed by atoms with van der Waals surface area (Å²) in [5.41, 5.74) is 2.61. The maximum absolute atomic E-state index is 13.3. The molecule has 246 valence electrons. The molecule has 2 saturated heterocycles. The molecule has 1 aromatic rings. The fourth-order valence-electron chi connectivity index (χ4n) is 6.38. The predicted octanol–water partition coefficient (Wildman–Crippen LogP) is 5.09. The lowest BCUT2D eigenvalue weighted by Crippen LogP contribution is -2.40. The quantitative estimate of drug-likeness (QED) is 0.180. The van der Waals surface area contributed by atoms with E-state index in [1.54, 1.807) is 26.4 Å². The molecule has 45 heavy (non-hydrogen) atoms. The number of hydrogen-bond acceptors (Lipinski definition) is 10. The predicted molar refractivity (Wildman–Crippen MR) is 167 cm³/mol. The highest BCUT2D eigenvalue weighted by Crippen LogP contribution is 2.38. The first kappa shape index (κ1) is 34.5. The van der Waals surface area contributed by atoms with E-state index in [0.717, 1.165) is 16.8 Å². The monoisotopic (exact) mass is 625 g/mol. The van der Waals surface area contributed by atoms with E-state index in [1.807, 2.05) is 58.1 Å². The number of oxazole rings is 1. The minimum Gasteiger partial charge on any atom is -0.462 e. The number of hydrogen-bond donors (Lipinski definition) is 1. The van der Waals surface area contributed by atoms with Gasteiger partial charge >= 0.3 is 11.9 Å². The zero-order chi connectivity index (χ0) is 32.8. The summed E-state index contributed by atoms with van der Waals surface area (Å²) < 4.78 is 28.5. The van der Waals surface area contributed by atoms with Crippen LogP contribution in [0.15, 0.2) is 52.2 Å². The molecule has 2 fully saturated rings. The number of carbonyl (C=O) groups is 3. The van der Waals surface area contributed by atoms with Gasteiger partial charge in [-0.1, -0.05) is 44.2 Å². The van der Waals surface area contributed by atoms with Crippen molar-refractivity contribution in [2.45, 2.75) is 104 Å². The van der Waals surface area contributed by atoms with Gasteiger partial charge in [-0.2, -0.15) is 0 Å². The molecule has 0 saturated carbocycles. The fourth-order valence-corrected chi connectivity index (χ4v) is 6.38. The number of ketones is 1. The van der Waals surface area contributed by atoms with Crippen LogP contribution in [0.25, 0.3) is 6.08 Å². The van der Waals surface area contributed by atoms with Crippen LogP contribution in [0.5, 0.6) is 0 Å². The number of aliphatic hydroxyl groups excluding tert-OH is 1. The van der Waals surface area contributed by atoms with E-state index in [2.05, 4.69) is 4.98 Å². The number of nitrogens with zero attached hydrogens (tertiary/aromatic N) is 1. The summed E-state index contributed by atoms with van der Waals surface area (Å²) in [5, 5.41) is 11.3. The third kappa shape index (κ3) is 9.34. The van der Waals surface area contributed by atoms with Crippen LogP contribution < -0.4 is 0 Å². The van der Waals surface area contributed by atoms with Gasteiger partial charge in [0.1, 0.15) is 29.9 Å². The molecule has 3 aliphatic rings. The number of fused-ring (bicyclic) bond motifs is 3. The molecular formula is C35H47NO9. The van der Waals surface area contributed by atoms with Crippen molar-refractivity contribution in [3.8, 4) is 0 Å². The Hall–Kier alpha value is -3.34. The molecular weight excluding hydrogens is 578 g/mol. The Morgan fingerprint density at radius 1 is 1.11 bits per heavy atom. The second-order valence-corrected chi connectivity index (χ2v) is 12.8. The number of epoxide rings is 1. The Balaban J connectivity index is 1.55. The average Bonchev–Trinajstić information content (AvgIpc) is 3.62. The maximum atomic E-state index is 13.3. The Kier molecular flexibility index (Phi) is 11.7. The number of Topliss-reactive ketones (excluding diaryl/α,β-unsaturated/α-hetero) is 1. The number of cyclic esters (lactones) is 1. The topological polar surface area (TPSA) is 138 Å². The summed E-state index contributed by atoms with van der Waals surface area (Å²) in [5.74, 6) is -1.75. The van der Waals surface area contributed by atoms with Crippen molar-refractivity contribution in [3.63, 3.8) is 0 Å². The molecule has 0 spiro atoms. The number of aromatic nitrogens is 1. The molecule has 1 aromatic heterocycles. The van der Waals surface area contributed by atoms with E-state index in [-0.39, 0.29) is 54.6 Å². The molecule has 0 radical (unpaired) electrons. The van der Waals surface area contributed by atoms with E-state index in [0.29, 0.717) is 18.7 Å². The minimum absolute atomic E-state index is 0.0150. The van der Waals surface area contributed by atoms with Gasteiger partial charge in [-0.25, -0.2) is 9.78 Å². The van der Waals surface area contributed by atoms with Gasteiger partial charge in [0.05, 0.1) is 24.2 Å². The molecule has 0 aromatic carbocycles. The summed E-state index contributed by atoms with van der Waals surface area (Å²) in [6.07, 6.45) is 10.6. The van der Waals surface area contributed by atoms with E-state index in [1.165, 1.54) is 6.92 Å². The number of methoxy groups -OCH3 is 1. The van der Waals surface area contributed by atoms with Gasteiger partial charge in [0.25, 0.3) is 0 Å². The largest absolute Gasteiger partial charge is 0.462 e. The van der Waals surface area contributed by atoms with Crippen molar-refractivity contribution in [3.05, 3.63) is 59.4 Å². The number of carbonyl (C=O) groups excluding carboxylic acids is 3. The normalized spacial score (nSPS) is 33.7. The fraction of sp³-hybridized carbons (Fsp3) is 0.600. The van der Waals surface area contributed by atoms with Crippen LogP contribution in [0.4, 0.5) is 0 Å². The molecule has 4 heterocycles. The van der Waals surface area contributed by atoms with Gasteiger partial charge in [0.15, 0.2) is 12.0 Å². The Bertz CT molecular complexity index is 1340. The zero-order valence-electron chi connectivity index (χ0n) is 27.3. The Morgan fingerprint density at radius 3 is 2.51 bits per heavy atom. The number of esters is 2. The molecule has 1 N–H and O–H groups in total. The first-order chi connectivity index (χ1) is 21.4. The standard InChI is InChI=1S/C35H47NO9/c1-19(13-26-18-42-24(6)36-26)9-8-10-21(3)33(41-7)22(4)30-17-28(38)27(23(5)37)12-11-20(2)29-14-25(16-32(39)43-29)15-31-34(44-31)35(40)45-30/h8-13,18,20,22,25,27-31,33-34,38H,14-17H2,1-7H3/b9-8+,12-11+,19-13+,21-10+/t20-,22+,25+,27+,28+,29-,30+,31+,33+,34-/m1/s1. The van der Waals surface area contributed by atoms with Gasteiger partial charge in [0.2, 0.25) is 0 Å². The van der Waals surface area contributed by atoms with Gasteiger partial charge < -0.3 is 28.5 Å². The molecule has 10 atom stereocenters. The van der Waals surface area contributed by atoms with Crippen LogP contribution in [-0.4, -0.2) is 71.5 Å². The van der Waals surface area contributed by atoms with Crippen LogP contribution in [-0.2, 0) is 33.3 Å². The molecule has 10 heteroatoms. The molecule has 0 unspecified atom stereocenters. The molecule has 3 aliphatic heterocycles. The zero-order valence-corrected chi connectivity index (χ0v) is 27.3. The van der Waals surface area contributed by atoms with Crippen LogP contribution >= 0.6 is 0 Å². The van der Waals surface area contributed by atoms with Crippen LogP contribution in [0, 0.1) is 30.6 Å². The van der Waals surface area contributed by atoms with E-state index in [4.69, 9.17) is 23.4 Å². The lowest BCUT2D eigenvalue weighted by molar-refractivity contribution is -0.159. The minimum atomic E-state index is -1.12. The molecule has 0 amide bonds. The van der Waals surface area contributed by atoms with Gasteiger partial charge in [0, 0.05) is 38.7 Å².